The Bertz CT molecular complexity index is 207. The SMILES string of the molecule is CCCCc1csc(CCCC)n1. The summed E-state index contributed by atoms with van der Waals surface area (Å²) in [6.07, 6.45) is 7.43. The largest absolute Gasteiger partial charge is 0.246 e. The Morgan fingerprint density at radius 1 is 1.15 bits per heavy atom. The van der Waals surface area contributed by atoms with Gasteiger partial charge in [0, 0.05) is 5.38 Å². The number of aryl methyl sites for hydroxylation is 2. The van der Waals surface area contributed by atoms with E-state index in [9.17, 15) is 0 Å². The number of aromatic nitrogens is 1. The van der Waals surface area contributed by atoms with Crippen molar-refractivity contribution >= 4 is 11.3 Å². The lowest BCUT2D eigenvalue weighted by molar-refractivity contribution is 0.761. The quantitative estimate of drug-likeness (QED) is 0.675. The molecule has 13 heavy (non-hydrogen) atoms. The van der Waals surface area contributed by atoms with Crippen LogP contribution in [0.4, 0.5) is 0 Å². The third kappa shape index (κ3) is 3.90. The molecule has 1 heterocycles. The Morgan fingerprint density at radius 3 is 2.54 bits per heavy atom. The summed E-state index contributed by atoms with van der Waals surface area (Å²) in [5.74, 6) is 0. The molecule has 0 aliphatic rings. The fourth-order valence-corrected chi connectivity index (χ4v) is 2.14. The van der Waals surface area contributed by atoms with E-state index >= 15 is 0 Å². The first kappa shape index (κ1) is 10.7. The van der Waals surface area contributed by atoms with Gasteiger partial charge < -0.3 is 0 Å². The van der Waals surface area contributed by atoms with E-state index in [0.717, 1.165) is 0 Å². The summed E-state index contributed by atoms with van der Waals surface area (Å²) < 4.78 is 0. The van der Waals surface area contributed by atoms with Gasteiger partial charge in [-0.3, -0.25) is 0 Å². The Morgan fingerprint density at radius 2 is 1.85 bits per heavy atom. The van der Waals surface area contributed by atoms with Crippen LogP contribution >= 0.6 is 11.3 Å². The molecule has 2 heteroatoms. The van der Waals surface area contributed by atoms with E-state index < -0.39 is 0 Å². The van der Waals surface area contributed by atoms with Gasteiger partial charge in [0.2, 0.25) is 0 Å². The zero-order chi connectivity index (χ0) is 9.52. The predicted molar refractivity (Wildman–Crippen MR) is 59.3 cm³/mol. The van der Waals surface area contributed by atoms with Crippen LogP contribution in [0.15, 0.2) is 5.38 Å². The molecule has 0 atom stereocenters. The van der Waals surface area contributed by atoms with Crippen molar-refractivity contribution in [3.63, 3.8) is 0 Å². The second-order valence-corrected chi connectivity index (χ2v) is 4.38. The molecule has 0 aliphatic carbocycles. The van der Waals surface area contributed by atoms with Crippen molar-refractivity contribution in [1.29, 1.82) is 0 Å². The molecular formula is C11H19NS. The Labute approximate surface area is 85.2 Å². The highest BCUT2D eigenvalue weighted by Crippen LogP contribution is 2.14. The number of hydrogen-bond donors (Lipinski definition) is 0. The molecule has 0 N–H and O–H groups in total. The lowest BCUT2D eigenvalue weighted by Gasteiger charge is -1.93. The van der Waals surface area contributed by atoms with E-state index in [-0.39, 0.29) is 0 Å². The van der Waals surface area contributed by atoms with E-state index in [1.807, 2.05) is 11.3 Å². The first-order valence-electron chi connectivity index (χ1n) is 5.30. The second kappa shape index (κ2) is 6.14. The van der Waals surface area contributed by atoms with Crippen LogP contribution in [0, 0.1) is 0 Å². The van der Waals surface area contributed by atoms with Gasteiger partial charge in [-0.1, -0.05) is 26.7 Å². The van der Waals surface area contributed by atoms with Gasteiger partial charge in [0.05, 0.1) is 10.7 Å². The molecular weight excluding hydrogens is 178 g/mol. The van der Waals surface area contributed by atoms with Gasteiger partial charge in [0.1, 0.15) is 0 Å². The van der Waals surface area contributed by atoms with Crippen molar-refractivity contribution in [2.45, 2.75) is 52.4 Å². The maximum Gasteiger partial charge on any atom is 0.0928 e. The molecule has 0 fully saturated rings. The van der Waals surface area contributed by atoms with Gasteiger partial charge in [-0.15, -0.1) is 11.3 Å². The summed E-state index contributed by atoms with van der Waals surface area (Å²) >= 11 is 1.83. The molecule has 1 nitrogen and oxygen atoms in total. The van der Waals surface area contributed by atoms with Crippen LogP contribution < -0.4 is 0 Å². The van der Waals surface area contributed by atoms with Crippen molar-refractivity contribution in [3.8, 4) is 0 Å². The molecule has 0 amide bonds. The second-order valence-electron chi connectivity index (χ2n) is 3.44. The highest BCUT2D eigenvalue weighted by Gasteiger charge is 2.00. The van der Waals surface area contributed by atoms with Gasteiger partial charge in [-0.05, 0) is 25.7 Å². The number of nitrogens with zero attached hydrogens (tertiary/aromatic N) is 1. The van der Waals surface area contributed by atoms with Gasteiger partial charge in [-0.25, -0.2) is 4.98 Å². The monoisotopic (exact) mass is 197 g/mol. The summed E-state index contributed by atoms with van der Waals surface area (Å²) in [4.78, 5) is 4.60. The van der Waals surface area contributed by atoms with Gasteiger partial charge in [-0.2, -0.15) is 0 Å². The highest BCUT2D eigenvalue weighted by molar-refractivity contribution is 7.09. The predicted octanol–water partition coefficient (Wildman–Crippen LogP) is 3.83. The number of thiazole rings is 1. The minimum atomic E-state index is 1.17. The van der Waals surface area contributed by atoms with E-state index in [1.54, 1.807) is 0 Å². The van der Waals surface area contributed by atoms with Crippen molar-refractivity contribution in [2.75, 3.05) is 0 Å². The fourth-order valence-electron chi connectivity index (χ4n) is 1.26. The lowest BCUT2D eigenvalue weighted by Crippen LogP contribution is -1.87. The summed E-state index contributed by atoms with van der Waals surface area (Å²) in [5, 5.41) is 3.55. The summed E-state index contributed by atoms with van der Waals surface area (Å²) in [6, 6.07) is 0. The molecule has 1 aromatic rings. The van der Waals surface area contributed by atoms with Gasteiger partial charge in [0.25, 0.3) is 0 Å². The third-order valence-corrected chi connectivity index (χ3v) is 3.09. The standard InChI is InChI=1S/C11H19NS/c1-3-5-7-10-9-13-11(12-10)8-6-4-2/h9H,3-8H2,1-2H3. The van der Waals surface area contributed by atoms with Crippen LogP contribution in [-0.2, 0) is 12.8 Å². The number of unbranched alkanes of at least 4 members (excludes halogenated alkanes) is 2. The van der Waals surface area contributed by atoms with Gasteiger partial charge >= 0.3 is 0 Å². The molecule has 1 aromatic heterocycles. The number of rotatable bonds is 6. The van der Waals surface area contributed by atoms with Crippen LogP contribution in [-0.4, -0.2) is 4.98 Å². The smallest absolute Gasteiger partial charge is 0.0928 e. The van der Waals surface area contributed by atoms with Crippen LogP contribution in [0.2, 0.25) is 0 Å². The van der Waals surface area contributed by atoms with Crippen LogP contribution in [0.5, 0.6) is 0 Å². The van der Waals surface area contributed by atoms with Crippen molar-refractivity contribution in [2.24, 2.45) is 0 Å². The molecule has 0 saturated heterocycles. The lowest BCUT2D eigenvalue weighted by atomic mass is 10.2. The molecule has 74 valence electrons. The normalized spacial score (nSPS) is 10.6. The van der Waals surface area contributed by atoms with Crippen molar-refractivity contribution < 1.29 is 0 Å². The molecule has 0 radical (unpaired) electrons. The minimum Gasteiger partial charge on any atom is -0.246 e. The maximum atomic E-state index is 4.60. The summed E-state index contributed by atoms with van der Waals surface area (Å²) in [5.41, 5.74) is 1.30. The average Bonchev–Trinajstić information content (AvgIpc) is 2.59. The van der Waals surface area contributed by atoms with E-state index in [2.05, 4.69) is 24.2 Å². The summed E-state index contributed by atoms with van der Waals surface area (Å²) in [6.45, 7) is 4.45. The molecule has 1 rings (SSSR count). The third-order valence-electron chi connectivity index (χ3n) is 2.13. The highest BCUT2D eigenvalue weighted by atomic mass is 32.1. The van der Waals surface area contributed by atoms with E-state index in [4.69, 9.17) is 0 Å². The number of hydrogen-bond acceptors (Lipinski definition) is 2. The first-order valence-corrected chi connectivity index (χ1v) is 6.18. The van der Waals surface area contributed by atoms with Crippen LogP contribution in [0.3, 0.4) is 0 Å². The van der Waals surface area contributed by atoms with Crippen molar-refractivity contribution in [1.82, 2.24) is 4.98 Å². The molecule has 0 unspecified atom stereocenters. The fraction of sp³-hybridized carbons (Fsp3) is 0.727. The minimum absolute atomic E-state index is 1.17. The van der Waals surface area contributed by atoms with E-state index in [1.165, 1.54) is 49.2 Å². The molecule has 0 bridgehead atoms. The summed E-state index contributed by atoms with van der Waals surface area (Å²) in [7, 11) is 0. The maximum absolute atomic E-state index is 4.60. The molecule has 0 aliphatic heterocycles. The zero-order valence-electron chi connectivity index (χ0n) is 8.68. The Kier molecular flexibility index (Phi) is 5.06. The zero-order valence-corrected chi connectivity index (χ0v) is 9.49. The van der Waals surface area contributed by atoms with Crippen LogP contribution in [0.1, 0.15) is 50.2 Å². The van der Waals surface area contributed by atoms with E-state index in [0.29, 0.717) is 0 Å². The average molecular weight is 197 g/mol. The van der Waals surface area contributed by atoms with Crippen LogP contribution in [0.25, 0.3) is 0 Å². The Balaban J connectivity index is 2.34. The van der Waals surface area contributed by atoms with Crippen molar-refractivity contribution in [3.05, 3.63) is 16.1 Å². The molecule has 0 spiro atoms. The topological polar surface area (TPSA) is 12.9 Å². The Hall–Kier alpha value is -0.370. The first-order chi connectivity index (χ1) is 6.36. The molecule has 0 aromatic carbocycles. The van der Waals surface area contributed by atoms with Gasteiger partial charge in [0.15, 0.2) is 0 Å². The molecule has 0 saturated carbocycles.